The van der Waals surface area contributed by atoms with E-state index in [2.05, 4.69) is 9.97 Å². The molecule has 0 spiro atoms. The van der Waals surface area contributed by atoms with Crippen LogP contribution < -0.4 is 15.0 Å². The maximum atomic E-state index is 12.4. The topological polar surface area (TPSA) is 64.2 Å². The van der Waals surface area contributed by atoms with Crippen molar-refractivity contribution >= 4 is 35.0 Å². The van der Waals surface area contributed by atoms with Crippen molar-refractivity contribution in [3.8, 4) is 11.5 Å². The summed E-state index contributed by atoms with van der Waals surface area (Å²) in [6, 6.07) is 11.0. The molecule has 1 heterocycles. The minimum atomic E-state index is -0.178. The Balaban J connectivity index is 1.86. The quantitative estimate of drug-likeness (QED) is 0.391. The van der Waals surface area contributed by atoms with Crippen LogP contribution in [0.5, 0.6) is 11.5 Å². The van der Waals surface area contributed by atoms with Crippen LogP contribution in [0.1, 0.15) is 22.4 Å². The Labute approximate surface area is 183 Å². The van der Waals surface area contributed by atoms with Gasteiger partial charge in [-0.15, -0.1) is 0 Å². The Morgan fingerprint density at radius 2 is 1.83 bits per heavy atom. The second-order valence-electron chi connectivity index (χ2n) is 6.29. The number of methoxy groups -OCH3 is 2. The van der Waals surface area contributed by atoms with Gasteiger partial charge in [-0.2, -0.15) is 0 Å². The van der Waals surface area contributed by atoms with Crippen molar-refractivity contribution in [3.63, 3.8) is 0 Å². The first-order valence-electron chi connectivity index (χ1n) is 8.79. The van der Waals surface area contributed by atoms with Gasteiger partial charge in [0.05, 0.1) is 19.9 Å². The van der Waals surface area contributed by atoms with Crippen LogP contribution in [0.3, 0.4) is 0 Å². The summed E-state index contributed by atoms with van der Waals surface area (Å²) in [6.07, 6.45) is 0.383. The molecule has 0 radical (unpaired) electrons. The molecule has 0 saturated carbocycles. The van der Waals surface area contributed by atoms with E-state index in [1.54, 1.807) is 39.3 Å². The van der Waals surface area contributed by atoms with Gasteiger partial charge in [0.1, 0.15) is 11.5 Å². The molecule has 3 aromatic rings. The Morgan fingerprint density at radius 1 is 1.10 bits per heavy atom. The summed E-state index contributed by atoms with van der Waals surface area (Å²) in [5, 5.41) is 1.63. The van der Waals surface area contributed by atoms with Crippen molar-refractivity contribution < 1.29 is 9.47 Å². The average Bonchev–Trinajstić information content (AvgIpc) is 2.72. The number of hydrogen-bond donors (Lipinski definition) is 1. The summed E-state index contributed by atoms with van der Waals surface area (Å²) in [7, 11) is 3.22. The molecule has 1 N–H and O–H groups in total. The molecule has 3 rings (SSSR count). The SMILES string of the molecule is COc1ccc(CSc2nc(Cc3c(Cl)cccc3Cl)c(C)c(=O)[nH]2)c(OC)c1. The summed E-state index contributed by atoms with van der Waals surface area (Å²) in [5.41, 5.74) is 2.74. The predicted molar refractivity (Wildman–Crippen MR) is 118 cm³/mol. The molecule has 5 nitrogen and oxygen atoms in total. The fourth-order valence-electron chi connectivity index (χ4n) is 2.78. The lowest BCUT2D eigenvalue weighted by Crippen LogP contribution is -2.16. The maximum Gasteiger partial charge on any atom is 0.254 e. The van der Waals surface area contributed by atoms with Gasteiger partial charge in [-0.1, -0.05) is 47.1 Å². The Kier molecular flexibility index (Phi) is 7.11. The minimum absolute atomic E-state index is 0.178. The van der Waals surface area contributed by atoms with Crippen LogP contribution in [0.25, 0.3) is 0 Å². The third-order valence-electron chi connectivity index (χ3n) is 4.49. The smallest absolute Gasteiger partial charge is 0.254 e. The maximum absolute atomic E-state index is 12.4. The zero-order valence-corrected chi connectivity index (χ0v) is 18.5. The summed E-state index contributed by atoms with van der Waals surface area (Å²) in [5.74, 6) is 2.01. The van der Waals surface area contributed by atoms with Crippen LogP contribution in [0.15, 0.2) is 46.3 Å². The average molecular weight is 451 g/mol. The fraction of sp³-hybridized carbons (Fsp3) is 0.238. The van der Waals surface area contributed by atoms with E-state index in [0.29, 0.717) is 38.6 Å². The van der Waals surface area contributed by atoms with Gasteiger partial charge in [-0.05, 0) is 30.7 Å². The van der Waals surface area contributed by atoms with E-state index in [9.17, 15) is 4.79 Å². The number of aromatic amines is 1. The molecule has 0 bridgehead atoms. The molecule has 1 aromatic heterocycles. The number of H-pyrrole nitrogens is 1. The number of ether oxygens (including phenoxy) is 2. The van der Waals surface area contributed by atoms with Gasteiger partial charge in [0.15, 0.2) is 5.16 Å². The summed E-state index contributed by atoms with van der Waals surface area (Å²) in [6.45, 7) is 1.74. The highest BCUT2D eigenvalue weighted by Gasteiger charge is 2.14. The number of rotatable bonds is 7. The van der Waals surface area contributed by atoms with Gasteiger partial charge in [0, 0.05) is 39.4 Å². The highest BCUT2D eigenvalue weighted by Crippen LogP contribution is 2.30. The number of thioether (sulfide) groups is 1. The number of hydrogen-bond acceptors (Lipinski definition) is 5. The van der Waals surface area contributed by atoms with E-state index >= 15 is 0 Å². The lowest BCUT2D eigenvalue weighted by Gasteiger charge is -2.12. The first kappa shape index (κ1) is 21.6. The number of aromatic nitrogens is 2. The molecule has 0 atom stereocenters. The Bertz CT molecular complexity index is 1070. The van der Waals surface area contributed by atoms with Crippen molar-refractivity contribution in [1.82, 2.24) is 9.97 Å². The second-order valence-corrected chi connectivity index (χ2v) is 8.06. The number of benzene rings is 2. The van der Waals surface area contributed by atoms with Crippen LogP contribution in [-0.2, 0) is 12.2 Å². The third-order valence-corrected chi connectivity index (χ3v) is 6.13. The van der Waals surface area contributed by atoms with Crippen molar-refractivity contribution in [2.75, 3.05) is 14.2 Å². The van der Waals surface area contributed by atoms with Crippen molar-refractivity contribution in [1.29, 1.82) is 0 Å². The van der Waals surface area contributed by atoms with Crippen LogP contribution in [0, 0.1) is 6.92 Å². The van der Waals surface area contributed by atoms with E-state index in [4.69, 9.17) is 32.7 Å². The second kappa shape index (κ2) is 9.57. The number of nitrogens with zero attached hydrogens (tertiary/aromatic N) is 1. The summed E-state index contributed by atoms with van der Waals surface area (Å²) >= 11 is 14.0. The van der Waals surface area contributed by atoms with E-state index < -0.39 is 0 Å². The zero-order valence-electron chi connectivity index (χ0n) is 16.2. The van der Waals surface area contributed by atoms with Crippen LogP contribution in [-0.4, -0.2) is 24.2 Å². The predicted octanol–water partition coefficient (Wildman–Crippen LogP) is 5.29. The molecule has 0 saturated heterocycles. The van der Waals surface area contributed by atoms with E-state index in [0.717, 1.165) is 22.6 Å². The first-order chi connectivity index (χ1) is 13.9. The van der Waals surface area contributed by atoms with Gasteiger partial charge < -0.3 is 14.5 Å². The Hall–Kier alpha value is -2.15. The largest absolute Gasteiger partial charge is 0.497 e. The van der Waals surface area contributed by atoms with E-state index in [1.807, 2.05) is 18.2 Å². The van der Waals surface area contributed by atoms with Crippen molar-refractivity contribution in [2.45, 2.75) is 24.3 Å². The van der Waals surface area contributed by atoms with Crippen LogP contribution in [0.2, 0.25) is 10.0 Å². The molecule has 0 fully saturated rings. The first-order valence-corrected chi connectivity index (χ1v) is 10.5. The monoisotopic (exact) mass is 450 g/mol. The van der Waals surface area contributed by atoms with E-state index in [1.165, 1.54) is 11.8 Å². The van der Waals surface area contributed by atoms with Crippen molar-refractivity contribution in [2.24, 2.45) is 0 Å². The normalized spacial score (nSPS) is 10.8. The number of halogens is 2. The molecular weight excluding hydrogens is 431 g/mol. The zero-order chi connectivity index (χ0) is 21.0. The van der Waals surface area contributed by atoms with Gasteiger partial charge in [0.2, 0.25) is 0 Å². The molecule has 152 valence electrons. The highest BCUT2D eigenvalue weighted by atomic mass is 35.5. The standard InChI is InChI=1S/C21H20Cl2N2O3S/c1-12-18(10-15-16(22)5-4-6-17(15)23)24-21(25-20(12)26)29-11-13-7-8-14(27-2)9-19(13)28-3/h4-9H,10-11H2,1-3H3,(H,24,25,26). The lowest BCUT2D eigenvalue weighted by molar-refractivity contribution is 0.392. The molecule has 8 heteroatoms. The minimum Gasteiger partial charge on any atom is -0.497 e. The lowest BCUT2D eigenvalue weighted by atomic mass is 10.1. The Morgan fingerprint density at radius 3 is 2.48 bits per heavy atom. The van der Waals surface area contributed by atoms with E-state index in [-0.39, 0.29) is 5.56 Å². The molecule has 2 aromatic carbocycles. The fourth-order valence-corrected chi connectivity index (χ4v) is 4.18. The van der Waals surface area contributed by atoms with Gasteiger partial charge in [0.25, 0.3) is 5.56 Å². The third kappa shape index (κ3) is 5.07. The van der Waals surface area contributed by atoms with Crippen LogP contribution >= 0.6 is 35.0 Å². The van der Waals surface area contributed by atoms with Crippen LogP contribution in [0.4, 0.5) is 0 Å². The molecule has 0 aliphatic rings. The highest BCUT2D eigenvalue weighted by molar-refractivity contribution is 7.98. The van der Waals surface area contributed by atoms with Gasteiger partial charge >= 0.3 is 0 Å². The molecule has 0 amide bonds. The summed E-state index contributed by atoms with van der Waals surface area (Å²) < 4.78 is 10.7. The molecule has 29 heavy (non-hydrogen) atoms. The van der Waals surface area contributed by atoms with Gasteiger partial charge in [-0.3, -0.25) is 4.79 Å². The molecular formula is C21H20Cl2N2O3S. The molecule has 0 unspecified atom stereocenters. The molecule has 0 aliphatic carbocycles. The van der Waals surface area contributed by atoms with Crippen molar-refractivity contribution in [3.05, 3.63) is 79.2 Å². The summed E-state index contributed by atoms with van der Waals surface area (Å²) in [4.78, 5) is 19.9. The molecule has 0 aliphatic heterocycles. The van der Waals surface area contributed by atoms with Gasteiger partial charge in [-0.25, -0.2) is 4.98 Å². The number of nitrogens with one attached hydrogen (secondary N) is 1.